The van der Waals surface area contributed by atoms with Gasteiger partial charge in [0.05, 0.1) is 0 Å². The summed E-state index contributed by atoms with van der Waals surface area (Å²) in [5.74, 6) is 0.715. The monoisotopic (exact) mass is 258 g/mol. The van der Waals surface area contributed by atoms with Crippen molar-refractivity contribution in [2.24, 2.45) is 11.7 Å². The van der Waals surface area contributed by atoms with Crippen LogP contribution in [0.3, 0.4) is 0 Å². The van der Waals surface area contributed by atoms with E-state index < -0.39 is 0 Å². The van der Waals surface area contributed by atoms with Crippen molar-refractivity contribution in [2.45, 2.75) is 50.6 Å². The van der Waals surface area contributed by atoms with E-state index in [0.717, 1.165) is 6.54 Å². The second-order valence-corrected chi connectivity index (χ2v) is 6.50. The van der Waals surface area contributed by atoms with Gasteiger partial charge in [-0.1, -0.05) is 43.2 Å². The van der Waals surface area contributed by atoms with Crippen LogP contribution in [-0.2, 0) is 6.54 Å². The van der Waals surface area contributed by atoms with Gasteiger partial charge < -0.3 is 5.73 Å². The van der Waals surface area contributed by atoms with Crippen molar-refractivity contribution in [2.75, 3.05) is 13.1 Å². The zero-order valence-corrected chi connectivity index (χ0v) is 11.9. The van der Waals surface area contributed by atoms with Crippen LogP contribution in [0, 0.1) is 5.92 Å². The molecule has 2 fully saturated rings. The van der Waals surface area contributed by atoms with Crippen LogP contribution >= 0.6 is 0 Å². The Kier molecular flexibility index (Phi) is 3.90. The summed E-state index contributed by atoms with van der Waals surface area (Å²) in [6.45, 7) is 3.53. The summed E-state index contributed by atoms with van der Waals surface area (Å²) in [6.07, 6.45) is 7.82. The third-order valence-corrected chi connectivity index (χ3v) is 5.10. The Morgan fingerprint density at radius 2 is 1.84 bits per heavy atom. The van der Waals surface area contributed by atoms with Gasteiger partial charge in [0.25, 0.3) is 0 Å². The molecule has 1 saturated heterocycles. The van der Waals surface area contributed by atoms with E-state index in [1.165, 1.54) is 57.2 Å². The van der Waals surface area contributed by atoms with Gasteiger partial charge in [-0.3, -0.25) is 4.90 Å². The van der Waals surface area contributed by atoms with E-state index in [4.69, 9.17) is 5.73 Å². The number of nitrogens with two attached hydrogens (primary N) is 1. The maximum Gasteiger partial charge on any atom is 0.0233 e. The van der Waals surface area contributed by atoms with E-state index in [9.17, 15) is 0 Å². The van der Waals surface area contributed by atoms with Crippen molar-refractivity contribution < 1.29 is 0 Å². The molecule has 2 N–H and O–H groups in total. The number of nitrogens with zero attached hydrogens (tertiary/aromatic N) is 1. The first-order valence-corrected chi connectivity index (χ1v) is 7.81. The molecule has 104 valence electrons. The van der Waals surface area contributed by atoms with E-state index in [1.807, 2.05) is 0 Å². The first-order valence-electron chi connectivity index (χ1n) is 7.81. The lowest BCUT2D eigenvalue weighted by Gasteiger charge is -2.41. The van der Waals surface area contributed by atoms with Crippen molar-refractivity contribution in [3.63, 3.8) is 0 Å². The molecule has 19 heavy (non-hydrogen) atoms. The van der Waals surface area contributed by atoms with Gasteiger partial charge in [-0.05, 0) is 43.7 Å². The van der Waals surface area contributed by atoms with Crippen LogP contribution in [0.4, 0.5) is 0 Å². The third-order valence-electron chi connectivity index (χ3n) is 5.10. The largest absolute Gasteiger partial charge is 0.325 e. The molecule has 0 radical (unpaired) electrons. The van der Waals surface area contributed by atoms with E-state index in [2.05, 4.69) is 35.2 Å². The summed E-state index contributed by atoms with van der Waals surface area (Å²) in [4.78, 5) is 2.61. The topological polar surface area (TPSA) is 29.3 Å². The maximum atomic E-state index is 6.66. The average molecular weight is 258 g/mol. The van der Waals surface area contributed by atoms with E-state index in [1.54, 1.807) is 0 Å². The van der Waals surface area contributed by atoms with Crippen molar-refractivity contribution in [1.29, 1.82) is 0 Å². The molecule has 3 rings (SSSR count). The summed E-state index contributed by atoms with van der Waals surface area (Å²) in [5.41, 5.74) is 8.24. The second kappa shape index (κ2) is 5.64. The van der Waals surface area contributed by atoms with Crippen molar-refractivity contribution >= 4 is 0 Å². The minimum absolute atomic E-state index is 0.148. The maximum absolute atomic E-state index is 6.66. The second-order valence-electron chi connectivity index (χ2n) is 6.50. The Hall–Kier alpha value is -0.860. The van der Waals surface area contributed by atoms with E-state index >= 15 is 0 Å². The Bertz CT molecular complexity index is 395. The highest BCUT2D eigenvalue weighted by molar-refractivity contribution is 5.14. The number of likely N-dealkylation sites (tertiary alicyclic amines) is 1. The first-order chi connectivity index (χ1) is 9.26. The van der Waals surface area contributed by atoms with Gasteiger partial charge in [0, 0.05) is 18.6 Å². The minimum Gasteiger partial charge on any atom is -0.325 e. The summed E-state index contributed by atoms with van der Waals surface area (Å²) in [5, 5.41) is 0. The van der Waals surface area contributed by atoms with Crippen molar-refractivity contribution in [3.05, 3.63) is 35.9 Å². The Labute approximate surface area is 117 Å². The average Bonchev–Trinajstić information content (AvgIpc) is 2.89. The molecule has 1 aliphatic carbocycles. The Morgan fingerprint density at radius 1 is 1.11 bits per heavy atom. The summed E-state index contributed by atoms with van der Waals surface area (Å²) in [6, 6.07) is 10.8. The molecule has 0 amide bonds. The highest BCUT2D eigenvalue weighted by Crippen LogP contribution is 2.38. The molecule has 2 aliphatic rings. The molecule has 1 unspecified atom stereocenters. The zero-order valence-electron chi connectivity index (χ0n) is 11.9. The van der Waals surface area contributed by atoms with Gasteiger partial charge in [-0.2, -0.15) is 0 Å². The molecule has 1 saturated carbocycles. The molecule has 1 aromatic rings. The molecule has 1 aliphatic heterocycles. The predicted octanol–water partition coefficient (Wildman–Crippen LogP) is 3.17. The predicted molar refractivity (Wildman–Crippen MR) is 79.8 cm³/mol. The molecule has 0 bridgehead atoms. The van der Waals surface area contributed by atoms with Crippen LogP contribution in [0.25, 0.3) is 0 Å². The van der Waals surface area contributed by atoms with Crippen LogP contribution in [0.15, 0.2) is 30.3 Å². The molecule has 1 aromatic carbocycles. The van der Waals surface area contributed by atoms with Crippen LogP contribution in [-0.4, -0.2) is 23.5 Å². The van der Waals surface area contributed by atoms with Crippen LogP contribution in [0.5, 0.6) is 0 Å². The van der Waals surface area contributed by atoms with Crippen LogP contribution in [0.1, 0.15) is 44.1 Å². The lowest BCUT2D eigenvalue weighted by Crippen LogP contribution is -2.51. The fraction of sp³-hybridized carbons (Fsp3) is 0.647. The number of piperidine rings is 1. The summed E-state index contributed by atoms with van der Waals surface area (Å²) < 4.78 is 0. The molecule has 1 atom stereocenters. The minimum atomic E-state index is 0.148. The molecule has 0 spiro atoms. The van der Waals surface area contributed by atoms with Crippen molar-refractivity contribution in [3.8, 4) is 0 Å². The standard InChI is InChI=1S/C17H26N2/c18-17(10-4-5-11-17)16-9-6-12-19(14-16)13-15-7-2-1-3-8-15/h1-3,7-8,16H,4-6,9-14,18H2. The quantitative estimate of drug-likeness (QED) is 0.902. The Morgan fingerprint density at radius 3 is 2.58 bits per heavy atom. The van der Waals surface area contributed by atoms with E-state index in [0.29, 0.717) is 5.92 Å². The van der Waals surface area contributed by atoms with E-state index in [-0.39, 0.29) is 5.54 Å². The van der Waals surface area contributed by atoms with Gasteiger partial charge in [0.2, 0.25) is 0 Å². The Balaban J connectivity index is 1.62. The van der Waals surface area contributed by atoms with Gasteiger partial charge in [-0.15, -0.1) is 0 Å². The molecular formula is C17H26N2. The SMILES string of the molecule is NC1(C2CCCN(Cc3ccccc3)C2)CCCC1. The van der Waals surface area contributed by atoms with Gasteiger partial charge in [0.1, 0.15) is 0 Å². The van der Waals surface area contributed by atoms with Gasteiger partial charge >= 0.3 is 0 Å². The number of hydrogen-bond acceptors (Lipinski definition) is 2. The fourth-order valence-corrected chi connectivity index (χ4v) is 3.95. The molecule has 0 aromatic heterocycles. The normalized spacial score (nSPS) is 27.5. The highest BCUT2D eigenvalue weighted by Gasteiger charge is 2.39. The summed E-state index contributed by atoms with van der Waals surface area (Å²) in [7, 11) is 0. The lowest BCUT2D eigenvalue weighted by molar-refractivity contribution is 0.112. The third kappa shape index (κ3) is 3.01. The fourth-order valence-electron chi connectivity index (χ4n) is 3.95. The number of rotatable bonds is 3. The molecule has 2 nitrogen and oxygen atoms in total. The molecular weight excluding hydrogens is 232 g/mol. The van der Waals surface area contributed by atoms with Crippen LogP contribution < -0.4 is 5.73 Å². The summed E-state index contributed by atoms with van der Waals surface area (Å²) >= 11 is 0. The smallest absolute Gasteiger partial charge is 0.0233 e. The lowest BCUT2D eigenvalue weighted by atomic mass is 9.78. The van der Waals surface area contributed by atoms with Gasteiger partial charge in [-0.25, -0.2) is 0 Å². The highest BCUT2D eigenvalue weighted by atomic mass is 15.1. The zero-order chi connectivity index (χ0) is 13.1. The van der Waals surface area contributed by atoms with Gasteiger partial charge in [0.15, 0.2) is 0 Å². The van der Waals surface area contributed by atoms with Crippen LogP contribution in [0.2, 0.25) is 0 Å². The molecule has 2 heteroatoms. The number of benzene rings is 1. The molecule has 1 heterocycles. The first kappa shape index (κ1) is 13.1. The van der Waals surface area contributed by atoms with Crippen molar-refractivity contribution in [1.82, 2.24) is 4.90 Å². The number of hydrogen-bond donors (Lipinski definition) is 1.